The molecule has 1 aromatic carbocycles. The molecule has 1 aromatic rings. The van der Waals surface area contributed by atoms with Crippen LogP contribution in [0.1, 0.15) is 17.3 Å². The standard InChI is InChI=1S/C11H15NO4/c1-7(13)5-12-6-11(16)8-2-3-9(14)10(15)4-8/h2-4,7,12-15H,5-6H2,1H3. The summed E-state index contributed by atoms with van der Waals surface area (Å²) in [6.45, 7) is 2.02. The van der Waals surface area contributed by atoms with Crippen LogP contribution < -0.4 is 5.32 Å². The van der Waals surface area contributed by atoms with Gasteiger partial charge in [0.05, 0.1) is 12.6 Å². The van der Waals surface area contributed by atoms with Gasteiger partial charge in [0.25, 0.3) is 0 Å². The number of aromatic hydroxyl groups is 2. The Bertz CT molecular complexity index is 376. The fraction of sp³-hybridized carbons (Fsp3) is 0.364. The molecule has 1 rings (SSSR count). The summed E-state index contributed by atoms with van der Waals surface area (Å²) in [7, 11) is 0. The number of aliphatic hydroxyl groups excluding tert-OH is 1. The summed E-state index contributed by atoms with van der Waals surface area (Å²) in [5.74, 6) is -0.786. The van der Waals surface area contributed by atoms with Gasteiger partial charge in [-0.25, -0.2) is 0 Å². The lowest BCUT2D eigenvalue weighted by atomic mass is 10.1. The van der Waals surface area contributed by atoms with Crippen molar-refractivity contribution in [1.29, 1.82) is 0 Å². The van der Waals surface area contributed by atoms with Crippen LogP contribution in [0.3, 0.4) is 0 Å². The highest BCUT2D eigenvalue weighted by Gasteiger charge is 2.08. The van der Waals surface area contributed by atoms with Crippen molar-refractivity contribution in [3.8, 4) is 11.5 Å². The van der Waals surface area contributed by atoms with Crippen LogP contribution in [0.25, 0.3) is 0 Å². The smallest absolute Gasteiger partial charge is 0.176 e. The molecule has 0 spiro atoms. The number of benzene rings is 1. The third-order valence-corrected chi connectivity index (χ3v) is 2.02. The summed E-state index contributed by atoms with van der Waals surface area (Å²) in [4.78, 5) is 11.6. The highest BCUT2D eigenvalue weighted by molar-refractivity contribution is 5.98. The van der Waals surface area contributed by atoms with E-state index in [4.69, 9.17) is 10.2 Å². The third-order valence-electron chi connectivity index (χ3n) is 2.02. The number of Topliss-reactive ketones (excluding diaryl/α,β-unsaturated/α-hetero) is 1. The SMILES string of the molecule is CC(O)CNCC(=O)c1ccc(O)c(O)c1. The lowest BCUT2D eigenvalue weighted by molar-refractivity contribution is 0.0985. The second kappa shape index (κ2) is 5.48. The Balaban J connectivity index is 2.56. The quantitative estimate of drug-likeness (QED) is 0.426. The number of aliphatic hydroxyl groups is 1. The number of phenolic OH excluding ortho intramolecular Hbond substituents is 2. The average molecular weight is 225 g/mol. The molecule has 0 aliphatic rings. The molecule has 0 saturated heterocycles. The van der Waals surface area contributed by atoms with Crippen molar-refractivity contribution in [2.45, 2.75) is 13.0 Å². The van der Waals surface area contributed by atoms with Gasteiger partial charge in [-0.15, -0.1) is 0 Å². The zero-order valence-electron chi connectivity index (χ0n) is 8.97. The Hall–Kier alpha value is -1.59. The third kappa shape index (κ3) is 3.52. The second-order valence-electron chi connectivity index (χ2n) is 3.61. The zero-order chi connectivity index (χ0) is 12.1. The Morgan fingerprint density at radius 1 is 1.38 bits per heavy atom. The van der Waals surface area contributed by atoms with Crippen molar-refractivity contribution in [1.82, 2.24) is 5.32 Å². The number of rotatable bonds is 5. The van der Waals surface area contributed by atoms with E-state index in [2.05, 4.69) is 5.32 Å². The highest BCUT2D eigenvalue weighted by atomic mass is 16.3. The van der Waals surface area contributed by atoms with Gasteiger partial charge in [0.15, 0.2) is 17.3 Å². The topological polar surface area (TPSA) is 89.8 Å². The van der Waals surface area contributed by atoms with Crippen LogP contribution in [0.15, 0.2) is 18.2 Å². The van der Waals surface area contributed by atoms with Gasteiger partial charge < -0.3 is 20.6 Å². The molecule has 0 amide bonds. The highest BCUT2D eigenvalue weighted by Crippen LogP contribution is 2.24. The predicted molar refractivity (Wildman–Crippen MR) is 58.7 cm³/mol. The maximum atomic E-state index is 11.6. The Kier molecular flexibility index (Phi) is 4.28. The van der Waals surface area contributed by atoms with Gasteiger partial charge in [-0.1, -0.05) is 0 Å². The lowest BCUT2D eigenvalue weighted by Crippen LogP contribution is -2.29. The molecule has 0 heterocycles. The van der Waals surface area contributed by atoms with Crippen molar-refractivity contribution < 1.29 is 20.1 Å². The first-order valence-electron chi connectivity index (χ1n) is 4.94. The van der Waals surface area contributed by atoms with Crippen molar-refractivity contribution in [2.75, 3.05) is 13.1 Å². The molecular formula is C11H15NO4. The Morgan fingerprint density at radius 3 is 2.62 bits per heavy atom. The second-order valence-corrected chi connectivity index (χ2v) is 3.61. The molecule has 16 heavy (non-hydrogen) atoms. The predicted octanol–water partition coefficient (Wildman–Crippen LogP) is 0.251. The fourth-order valence-electron chi connectivity index (χ4n) is 1.19. The van der Waals surface area contributed by atoms with Crippen LogP contribution in [0.4, 0.5) is 0 Å². The van der Waals surface area contributed by atoms with E-state index in [0.717, 1.165) is 0 Å². The minimum absolute atomic E-state index is 0.0785. The molecule has 5 nitrogen and oxygen atoms in total. The first-order chi connectivity index (χ1) is 7.50. The molecular weight excluding hydrogens is 210 g/mol. The molecule has 0 aliphatic heterocycles. The minimum Gasteiger partial charge on any atom is -0.504 e. The molecule has 88 valence electrons. The molecule has 0 radical (unpaired) electrons. The summed E-state index contributed by atoms with van der Waals surface area (Å²) in [5.41, 5.74) is 0.313. The summed E-state index contributed by atoms with van der Waals surface area (Å²) < 4.78 is 0. The van der Waals surface area contributed by atoms with Crippen LogP contribution in [0.5, 0.6) is 11.5 Å². The van der Waals surface area contributed by atoms with Gasteiger partial charge in [0, 0.05) is 12.1 Å². The van der Waals surface area contributed by atoms with Crippen LogP contribution in [0, 0.1) is 0 Å². The molecule has 5 heteroatoms. The number of ketones is 1. The number of hydrogen-bond acceptors (Lipinski definition) is 5. The van der Waals surface area contributed by atoms with E-state index in [1.165, 1.54) is 18.2 Å². The minimum atomic E-state index is -0.513. The van der Waals surface area contributed by atoms with Gasteiger partial charge in [-0.3, -0.25) is 4.79 Å². The summed E-state index contributed by atoms with van der Waals surface area (Å²) in [6.07, 6.45) is -0.513. The van der Waals surface area contributed by atoms with E-state index in [-0.39, 0.29) is 23.8 Å². The molecule has 0 fully saturated rings. The van der Waals surface area contributed by atoms with Crippen LogP contribution in [-0.2, 0) is 0 Å². The van der Waals surface area contributed by atoms with Gasteiger partial charge in [0.2, 0.25) is 0 Å². The van der Waals surface area contributed by atoms with Crippen LogP contribution in [-0.4, -0.2) is 40.3 Å². The van der Waals surface area contributed by atoms with E-state index in [9.17, 15) is 9.90 Å². The van der Waals surface area contributed by atoms with Crippen molar-refractivity contribution in [3.63, 3.8) is 0 Å². The summed E-state index contributed by atoms with van der Waals surface area (Å²) in [6, 6.07) is 3.90. The molecule has 0 bridgehead atoms. The monoisotopic (exact) mass is 225 g/mol. The van der Waals surface area contributed by atoms with E-state index in [1.54, 1.807) is 6.92 Å². The van der Waals surface area contributed by atoms with E-state index in [1.807, 2.05) is 0 Å². The Labute approximate surface area is 93.4 Å². The molecule has 1 atom stereocenters. The molecule has 0 aliphatic carbocycles. The number of carbonyl (C=O) groups excluding carboxylic acids is 1. The summed E-state index contributed by atoms with van der Waals surface area (Å²) in [5, 5.41) is 30.0. The van der Waals surface area contributed by atoms with Gasteiger partial charge in [0.1, 0.15) is 0 Å². The van der Waals surface area contributed by atoms with Crippen LogP contribution in [0.2, 0.25) is 0 Å². The molecule has 1 unspecified atom stereocenters. The first-order valence-corrected chi connectivity index (χ1v) is 4.94. The maximum absolute atomic E-state index is 11.6. The Morgan fingerprint density at radius 2 is 2.06 bits per heavy atom. The fourth-order valence-corrected chi connectivity index (χ4v) is 1.19. The van der Waals surface area contributed by atoms with Crippen molar-refractivity contribution in [3.05, 3.63) is 23.8 Å². The number of carbonyl (C=O) groups is 1. The molecule has 0 aromatic heterocycles. The van der Waals surface area contributed by atoms with Crippen molar-refractivity contribution >= 4 is 5.78 Å². The molecule has 4 N–H and O–H groups in total. The van der Waals surface area contributed by atoms with E-state index >= 15 is 0 Å². The number of nitrogens with one attached hydrogen (secondary N) is 1. The first kappa shape index (κ1) is 12.5. The normalized spacial score (nSPS) is 12.4. The van der Waals surface area contributed by atoms with E-state index < -0.39 is 6.10 Å². The average Bonchev–Trinajstić information content (AvgIpc) is 2.21. The van der Waals surface area contributed by atoms with Crippen molar-refractivity contribution in [2.24, 2.45) is 0 Å². The van der Waals surface area contributed by atoms with Crippen LogP contribution >= 0.6 is 0 Å². The lowest BCUT2D eigenvalue weighted by Gasteiger charge is -2.06. The van der Waals surface area contributed by atoms with Gasteiger partial charge in [-0.05, 0) is 25.1 Å². The summed E-state index contributed by atoms with van der Waals surface area (Å²) >= 11 is 0. The molecule has 0 saturated carbocycles. The largest absolute Gasteiger partial charge is 0.504 e. The number of phenols is 2. The zero-order valence-corrected chi connectivity index (χ0v) is 8.97. The number of hydrogen-bond donors (Lipinski definition) is 4. The van der Waals surface area contributed by atoms with Gasteiger partial charge in [-0.2, -0.15) is 0 Å². The van der Waals surface area contributed by atoms with Gasteiger partial charge >= 0.3 is 0 Å². The van der Waals surface area contributed by atoms with E-state index in [0.29, 0.717) is 12.1 Å². The maximum Gasteiger partial charge on any atom is 0.176 e.